The highest BCUT2D eigenvalue weighted by Gasteiger charge is 2.15. The summed E-state index contributed by atoms with van der Waals surface area (Å²) in [5.74, 6) is 5.89. The van der Waals surface area contributed by atoms with E-state index in [1.54, 1.807) is 30.3 Å². The van der Waals surface area contributed by atoms with Crippen LogP contribution in [0, 0.1) is 17.7 Å². The van der Waals surface area contributed by atoms with Crippen LogP contribution in [0.5, 0.6) is 11.5 Å². The largest absolute Gasteiger partial charge is 0.493 e. The fourth-order valence-corrected chi connectivity index (χ4v) is 1.97. The molecule has 0 aromatic heterocycles. The first-order valence-electron chi connectivity index (χ1n) is 6.89. The van der Waals surface area contributed by atoms with Crippen LogP contribution in [0.3, 0.4) is 0 Å². The molecule has 0 radical (unpaired) electrons. The third-order valence-electron chi connectivity index (χ3n) is 3.06. The van der Waals surface area contributed by atoms with E-state index in [4.69, 9.17) is 9.47 Å². The quantitative estimate of drug-likeness (QED) is 0.883. The van der Waals surface area contributed by atoms with Gasteiger partial charge in [0.1, 0.15) is 5.82 Å². The maximum absolute atomic E-state index is 12.8. The Kier molecular flexibility index (Phi) is 5.59. The highest BCUT2D eigenvalue weighted by atomic mass is 19.1. The second-order valence-corrected chi connectivity index (χ2v) is 4.53. The second kappa shape index (κ2) is 7.85. The molecule has 0 spiro atoms. The van der Waals surface area contributed by atoms with E-state index < -0.39 is 0 Å². The molecule has 4 nitrogen and oxygen atoms in total. The van der Waals surface area contributed by atoms with Gasteiger partial charge in [-0.3, -0.25) is 4.79 Å². The molecular weight excluding hydrogens is 297 g/mol. The molecule has 0 aliphatic carbocycles. The molecule has 0 unspecified atom stereocenters. The van der Waals surface area contributed by atoms with Crippen molar-refractivity contribution in [2.75, 3.05) is 20.8 Å². The summed E-state index contributed by atoms with van der Waals surface area (Å²) in [4.78, 5) is 12.2. The maximum Gasteiger partial charge on any atom is 0.255 e. The molecule has 0 fully saturated rings. The molecule has 1 N–H and O–H groups in total. The zero-order valence-corrected chi connectivity index (χ0v) is 12.9. The second-order valence-electron chi connectivity index (χ2n) is 4.53. The van der Waals surface area contributed by atoms with Gasteiger partial charge in [-0.05, 0) is 36.4 Å². The minimum absolute atomic E-state index is 0.163. The van der Waals surface area contributed by atoms with Crippen LogP contribution >= 0.6 is 0 Å². The minimum Gasteiger partial charge on any atom is -0.493 e. The van der Waals surface area contributed by atoms with E-state index in [9.17, 15) is 9.18 Å². The first-order valence-corrected chi connectivity index (χ1v) is 6.89. The number of carbonyl (C=O) groups excluding carboxylic acids is 1. The summed E-state index contributed by atoms with van der Waals surface area (Å²) in [5, 5.41) is 2.68. The van der Waals surface area contributed by atoms with Crippen LogP contribution in [-0.4, -0.2) is 26.7 Å². The van der Waals surface area contributed by atoms with Gasteiger partial charge in [-0.25, -0.2) is 4.39 Å². The molecule has 5 heteroatoms. The molecule has 1 amide bonds. The Morgan fingerprint density at radius 2 is 1.87 bits per heavy atom. The van der Waals surface area contributed by atoms with Crippen LogP contribution in [0.15, 0.2) is 42.5 Å². The lowest BCUT2D eigenvalue weighted by Crippen LogP contribution is -2.24. The Bertz CT molecular complexity index is 745. The van der Waals surface area contributed by atoms with Crippen molar-refractivity contribution in [2.24, 2.45) is 0 Å². The van der Waals surface area contributed by atoms with Gasteiger partial charge >= 0.3 is 0 Å². The average molecular weight is 313 g/mol. The lowest BCUT2D eigenvalue weighted by atomic mass is 10.1. The number of nitrogens with one attached hydrogen (secondary N) is 1. The summed E-state index contributed by atoms with van der Waals surface area (Å²) in [6, 6.07) is 10.9. The number of benzene rings is 2. The van der Waals surface area contributed by atoms with E-state index >= 15 is 0 Å². The molecule has 0 aliphatic heterocycles. The van der Waals surface area contributed by atoms with Gasteiger partial charge in [-0.1, -0.05) is 17.9 Å². The number of amides is 1. The lowest BCUT2D eigenvalue weighted by molar-refractivity contribution is 0.0955. The van der Waals surface area contributed by atoms with Gasteiger partial charge in [0.05, 0.1) is 26.3 Å². The van der Waals surface area contributed by atoms with Gasteiger partial charge in [-0.15, -0.1) is 0 Å². The van der Waals surface area contributed by atoms with Crippen LogP contribution in [0.25, 0.3) is 0 Å². The van der Waals surface area contributed by atoms with Gasteiger partial charge in [0, 0.05) is 5.56 Å². The van der Waals surface area contributed by atoms with Gasteiger partial charge in [-0.2, -0.15) is 0 Å². The van der Waals surface area contributed by atoms with E-state index in [1.807, 2.05) is 0 Å². The minimum atomic E-state index is -0.311. The molecule has 23 heavy (non-hydrogen) atoms. The molecular formula is C18H16FNO3. The Labute approximate surface area is 134 Å². The summed E-state index contributed by atoms with van der Waals surface area (Å²) in [7, 11) is 2.98. The van der Waals surface area contributed by atoms with Crippen molar-refractivity contribution in [3.8, 4) is 23.3 Å². The van der Waals surface area contributed by atoms with Gasteiger partial charge in [0.15, 0.2) is 11.5 Å². The lowest BCUT2D eigenvalue weighted by Gasteiger charge is -2.11. The Hall–Kier alpha value is -3.00. The molecule has 118 valence electrons. The maximum atomic E-state index is 12.8. The first-order chi connectivity index (χ1) is 11.2. The Morgan fingerprint density at radius 1 is 1.13 bits per heavy atom. The van der Waals surface area contributed by atoms with Crippen LogP contribution in [0.4, 0.5) is 4.39 Å². The molecule has 2 rings (SSSR count). The monoisotopic (exact) mass is 313 g/mol. The van der Waals surface area contributed by atoms with E-state index in [1.165, 1.54) is 26.4 Å². The SMILES string of the molecule is COc1cccc(C(=O)NCC#Cc2ccc(F)cc2)c1OC. The number of carbonyl (C=O) groups is 1. The first kappa shape index (κ1) is 16.4. The fraction of sp³-hybridized carbons (Fsp3) is 0.167. The third-order valence-corrected chi connectivity index (χ3v) is 3.06. The van der Waals surface area contributed by atoms with Crippen molar-refractivity contribution in [3.05, 3.63) is 59.4 Å². The smallest absolute Gasteiger partial charge is 0.255 e. The number of rotatable bonds is 4. The molecule has 0 aliphatic rings. The van der Waals surface area contributed by atoms with E-state index in [0.717, 1.165) is 0 Å². The van der Waals surface area contributed by atoms with Crippen LogP contribution in [0.1, 0.15) is 15.9 Å². The van der Waals surface area contributed by atoms with Crippen molar-refractivity contribution >= 4 is 5.91 Å². The number of para-hydroxylation sites is 1. The van der Waals surface area contributed by atoms with Crippen LogP contribution < -0.4 is 14.8 Å². The van der Waals surface area contributed by atoms with Gasteiger partial charge in [0.2, 0.25) is 0 Å². The zero-order chi connectivity index (χ0) is 16.7. The predicted octanol–water partition coefficient (Wildman–Crippen LogP) is 2.62. The predicted molar refractivity (Wildman–Crippen MR) is 85.2 cm³/mol. The summed E-state index contributed by atoms with van der Waals surface area (Å²) in [6.45, 7) is 0.163. The van der Waals surface area contributed by atoms with Gasteiger partial charge in [0.25, 0.3) is 5.91 Å². The fourth-order valence-electron chi connectivity index (χ4n) is 1.97. The van der Waals surface area contributed by atoms with Crippen molar-refractivity contribution in [1.82, 2.24) is 5.32 Å². The highest BCUT2D eigenvalue weighted by molar-refractivity contribution is 5.97. The third kappa shape index (κ3) is 4.24. The highest BCUT2D eigenvalue weighted by Crippen LogP contribution is 2.30. The summed E-state index contributed by atoms with van der Waals surface area (Å²) in [5.41, 5.74) is 1.05. The van der Waals surface area contributed by atoms with Crippen molar-refractivity contribution in [1.29, 1.82) is 0 Å². The number of methoxy groups -OCH3 is 2. The van der Waals surface area contributed by atoms with Crippen molar-refractivity contribution in [3.63, 3.8) is 0 Å². The Balaban J connectivity index is 2.02. The van der Waals surface area contributed by atoms with E-state index in [-0.39, 0.29) is 18.3 Å². The summed E-state index contributed by atoms with van der Waals surface area (Å²) >= 11 is 0. The summed E-state index contributed by atoms with van der Waals surface area (Å²) < 4.78 is 23.1. The summed E-state index contributed by atoms with van der Waals surface area (Å²) in [6.07, 6.45) is 0. The molecule has 0 saturated heterocycles. The van der Waals surface area contributed by atoms with Crippen molar-refractivity contribution < 1.29 is 18.7 Å². The molecule has 0 atom stereocenters. The topological polar surface area (TPSA) is 47.6 Å². The Morgan fingerprint density at radius 3 is 2.52 bits per heavy atom. The standard InChI is InChI=1S/C18H16FNO3/c1-22-16-7-3-6-15(17(16)23-2)18(21)20-12-4-5-13-8-10-14(19)11-9-13/h3,6-11H,12H2,1-2H3,(H,20,21). The van der Waals surface area contributed by atoms with E-state index in [2.05, 4.69) is 17.2 Å². The zero-order valence-electron chi connectivity index (χ0n) is 12.9. The van der Waals surface area contributed by atoms with Crippen LogP contribution in [-0.2, 0) is 0 Å². The average Bonchev–Trinajstić information content (AvgIpc) is 2.59. The van der Waals surface area contributed by atoms with Crippen molar-refractivity contribution in [2.45, 2.75) is 0 Å². The molecule has 2 aromatic carbocycles. The van der Waals surface area contributed by atoms with E-state index in [0.29, 0.717) is 22.6 Å². The van der Waals surface area contributed by atoms with Crippen LogP contribution in [0.2, 0.25) is 0 Å². The number of hydrogen-bond donors (Lipinski definition) is 1. The number of halogens is 1. The molecule has 2 aromatic rings. The number of hydrogen-bond acceptors (Lipinski definition) is 3. The number of ether oxygens (including phenoxy) is 2. The normalized spacial score (nSPS) is 9.52. The molecule has 0 heterocycles. The van der Waals surface area contributed by atoms with Gasteiger partial charge < -0.3 is 14.8 Å². The molecule has 0 saturated carbocycles. The molecule has 0 bridgehead atoms.